The van der Waals surface area contributed by atoms with Crippen LogP contribution in [0.4, 0.5) is 0 Å². The van der Waals surface area contributed by atoms with Crippen molar-refractivity contribution in [3.8, 4) is 0 Å². The zero-order chi connectivity index (χ0) is 46.7. The maximum Gasteiger partial charge on any atom is 0.303 e. The van der Waals surface area contributed by atoms with Crippen LogP contribution in [0.25, 0.3) is 0 Å². The highest BCUT2D eigenvalue weighted by atomic mass is 16.8. The van der Waals surface area contributed by atoms with E-state index in [1.807, 2.05) is 0 Å². The molecule has 4 aliphatic carbocycles. The quantitative estimate of drug-likeness (QED) is 0.0759. The highest BCUT2D eigenvalue weighted by molar-refractivity contribution is 5.66. The lowest BCUT2D eigenvalue weighted by Crippen LogP contribution is -2.64. The molecule has 0 spiro atoms. The molecule has 0 aromatic rings. The number of carbonyl (C=O) groups excluding carboxylic acids is 1. The molecule has 17 nitrogen and oxygen atoms in total. The van der Waals surface area contributed by atoms with Crippen molar-refractivity contribution in [3.05, 3.63) is 12.2 Å². The van der Waals surface area contributed by atoms with E-state index in [-0.39, 0.29) is 52.4 Å². The van der Waals surface area contributed by atoms with E-state index < -0.39 is 117 Å². The second-order valence-electron chi connectivity index (χ2n) is 21.4. The van der Waals surface area contributed by atoms with Crippen LogP contribution in [0.1, 0.15) is 107 Å². The molecule has 64 heavy (non-hydrogen) atoms. The van der Waals surface area contributed by atoms with Crippen molar-refractivity contribution >= 4 is 5.97 Å². The molecular weight excluding hydrogens is 836 g/mol. The standard InChI is InChI=1S/C47H78O17/c1-20(2)10-9-11-21(3)30-40(60-24(6)49)41(63-43-38(56)35(53)32(50)22(4)58-43)31-27-13-12-25-18-26(14-16-46(25,7)28(27)15-17-47(30,31)8)61-45-42(37(55)34(52)29(19-48)62-45)64-44-39(57)36(54)33(51)23(5)59-44/h9,11,20-23,25-45,48,50-57H,10,12-19H2,1-8H3/b11-9+/t21-,22-,23+,25+,26+,27-,28+,29-,30+,31-,32-,33+,34-,35+,36-,37+,38+,39-,40-,41+,42-,43-,44+,45-,46+,47-/m1/s1. The number of esters is 1. The summed E-state index contributed by atoms with van der Waals surface area (Å²) in [6, 6.07) is 0. The topological polar surface area (TPSA) is 264 Å². The highest BCUT2D eigenvalue weighted by Crippen LogP contribution is 2.69. The molecular formula is C47H78O17. The second-order valence-corrected chi connectivity index (χ2v) is 21.4. The third kappa shape index (κ3) is 9.37. The van der Waals surface area contributed by atoms with Crippen molar-refractivity contribution in [1.29, 1.82) is 0 Å². The summed E-state index contributed by atoms with van der Waals surface area (Å²) in [5.74, 6) is 0.414. The van der Waals surface area contributed by atoms with Crippen molar-refractivity contribution in [2.45, 2.75) is 217 Å². The Morgan fingerprint density at radius 3 is 1.86 bits per heavy atom. The van der Waals surface area contributed by atoms with E-state index in [1.54, 1.807) is 6.92 Å². The first-order valence-electron chi connectivity index (χ1n) is 23.9. The fourth-order valence-corrected chi connectivity index (χ4v) is 13.6. The Balaban J connectivity index is 1.14. The average molecular weight is 915 g/mol. The minimum atomic E-state index is -1.67. The van der Waals surface area contributed by atoms with Gasteiger partial charge in [0, 0.05) is 12.8 Å². The Labute approximate surface area is 377 Å². The van der Waals surface area contributed by atoms with Crippen molar-refractivity contribution < 1.29 is 83.9 Å². The molecule has 7 rings (SSSR count). The molecule has 9 N–H and O–H groups in total. The number of carbonyl (C=O) groups is 1. The lowest BCUT2D eigenvalue weighted by atomic mass is 9.44. The highest BCUT2D eigenvalue weighted by Gasteiger charge is 2.69. The molecule has 0 unspecified atom stereocenters. The van der Waals surface area contributed by atoms with Crippen LogP contribution in [-0.2, 0) is 38.0 Å². The van der Waals surface area contributed by atoms with Crippen molar-refractivity contribution in [1.82, 2.24) is 0 Å². The van der Waals surface area contributed by atoms with Gasteiger partial charge in [0.1, 0.15) is 73.2 Å². The second kappa shape index (κ2) is 19.9. The third-order valence-electron chi connectivity index (χ3n) is 17.0. The lowest BCUT2D eigenvalue weighted by molar-refractivity contribution is -0.371. The zero-order valence-electron chi connectivity index (χ0n) is 38.7. The Hall–Kier alpha value is -1.39. The van der Waals surface area contributed by atoms with Crippen LogP contribution >= 0.6 is 0 Å². The first-order valence-corrected chi connectivity index (χ1v) is 23.9. The number of aliphatic hydroxyl groups excluding tert-OH is 9. The lowest BCUT2D eigenvalue weighted by Gasteiger charge is -2.61. The Morgan fingerprint density at radius 2 is 1.28 bits per heavy atom. The molecule has 17 heteroatoms. The van der Waals surface area contributed by atoms with Gasteiger partial charge in [0.15, 0.2) is 18.9 Å². The van der Waals surface area contributed by atoms with Crippen LogP contribution in [0.2, 0.25) is 0 Å². The zero-order valence-corrected chi connectivity index (χ0v) is 38.7. The fraction of sp³-hybridized carbons (Fsp3) is 0.936. The van der Waals surface area contributed by atoms with Crippen LogP contribution in [0.5, 0.6) is 0 Å². The molecule has 0 aromatic carbocycles. The largest absolute Gasteiger partial charge is 0.459 e. The Morgan fingerprint density at radius 1 is 0.688 bits per heavy atom. The molecule has 0 radical (unpaired) electrons. The molecule has 3 saturated heterocycles. The molecule has 7 aliphatic rings. The maximum absolute atomic E-state index is 13.0. The number of ether oxygens (including phenoxy) is 7. The molecule has 4 saturated carbocycles. The van der Waals surface area contributed by atoms with Crippen molar-refractivity contribution in [2.75, 3.05) is 6.61 Å². The van der Waals surface area contributed by atoms with Crippen LogP contribution < -0.4 is 0 Å². The summed E-state index contributed by atoms with van der Waals surface area (Å²) < 4.78 is 43.5. The van der Waals surface area contributed by atoms with E-state index in [0.717, 1.165) is 38.5 Å². The number of allylic oxidation sites excluding steroid dienone is 2. The van der Waals surface area contributed by atoms with Gasteiger partial charge in [0.2, 0.25) is 0 Å². The van der Waals surface area contributed by atoms with E-state index in [4.69, 9.17) is 33.2 Å². The fourth-order valence-electron chi connectivity index (χ4n) is 13.6. The number of aliphatic hydroxyl groups is 9. The van der Waals surface area contributed by atoms with E-state index in [0.29, 0.717) is 18.8 Å². The number of hydrogen-bond donors (Lipinski definition) is 9. The Bertz CT molecular complexity index is 1600. The molecule has 0 aromatic heterocycles. The van der Waals surface area contributed by atoms with E-state index in [1.165, 1.54) is 13.8 Å². The van der Waals surface area contributed by atoms with Gasteiger partial charge in [0.05, 0.1) is 24.9 Å². The minimum Gasteiger partial charge on any atom is -0.459 e. The van der Waals surface area contributed by atoms with Gasteiger partial charge in [-0.15, -0.1) is 0 Å². The smallest absolute Gasteiger partial charge is 0.303 e. The molecule has 3 aliphatic heterocycles. The van der Waals surface area contributed by atoms with Gasteiger partial charge in [-0.2, -0.15) is 0 Å². The van der Waals surface area contributed by atoms with Gasteiger partial charge in [-0.1, -0.05) is 46.8 Å². The maximum atomic E-state index is 13.0. The molecule has 7 fully saturated rings. The van der Waals surface area contributed by atoms with Crippen LogP contribution in [0.3, 0.4) is 0 Å². The summed E-state index contributed by atoms with van der Waals surface area (Å²) in [5, 5.41) is 96.2. The molecule has 0 bridgehead atoms. The van der Waals surface area contributed by atoms with E-state index >= 15 is 0 Å². The summed E-state index contributed by atoms with van der Waals surface area (Å²) in [7, 11) is 0. The van der Waals surface area contributed by atoms with Crippen molar-refractivity contribution in [2.24, 2.45) is 52.3 Å². The first kappa shape index (κ1) is 50.5. The molecule has 3 heterocycles. The first-order chi connectivity index (χ1) is 30.1. The van der Waals surface area contributed by atoms with Gasteiger partial charge in [-0.05, 0) is 112 Å². The number of fused-ring (bicyclic) bond motifs is 5. The van der Waals surface area contributed by atoms with E-state index in [2.05, 4.69) is 46.8 Å². The predicted molar refractivity (Wildman–Crippen MR) is 226 cm³/mol. The minimum absolute atomic E-state index is 0.0108. The summed E-state index contributed by atoms with van der Waals surface area (Å²) in [6.07, 6.45) is -11.3. The predicted octanol–water partition coefficient (Wildman–Crippen LogP) is 1.28. The van der Waals surface area contributed by atoms with E-state index in [9.17, 15) is 50.8 Å². The third-order valence-corrected chi connectivity index (χ3v) is 17.0. The normalized spacial score (nSPS) is 52.5. The number of hydrogen-bond acceptors (Lipinski definition) is 17. The van der Waals surface area contributed by atoms with Gasteiger partial charge >= 0.3 is 5.97 Å². The van der Waals surface area contributed by atoms with Crippen molar-refractivity contribution in [3.63, 3.8) is 0 Å². The molecule has 26 atom stereocenters. The summed E-state index contributed by atoms with van der Waals surface area (Å²) in [5.41, 5.74) is -0.480. The SMILES string of the molecule is CC(=O)O[C@H]1[C@@H](O[C@H]2O[C@H](C)[C@@H](O)[C@H](O)[C@@H]2O)[C@H]2[C@@H]3CC[C@H]4C[C@@H](O[C@@H]5O[C@H](CO)[C@@H](O)[C@H](O)[C@H]5O[C@@H]5O[C@@H](C)[C@H](O)[C@@H](O)[C@H]5O)CC[C@]4(C)[C@H]3CC[C@]2(C)[C@H]1[C@H](C)/C=C/CC(C)C. The van der Waals surface area contributed by atoms with Crippen LogP contribution in [-0.4, -0.2) is 169 Å². The number of rotatable bonds is 12. The summed E-state index contributed by atoms with van der Waals surface area (Å²) >= 11 is 0. The van der Waals surface area contributed by atoms with Gasteiger partial charge in [-0.3, -0.25) is 4.79 Å². The van der Waals surface area contributed by atoms with Gasteiger partial charge in [0.25, 0.3) is 0 Å². The summed E-state index contributed by atoms with van der Waals surface area (Å²) in [6.45, 7) is 15.1. The average Bonchev–Trinajstić information content (AvgIpc) is 3.48. The molecule has 368 valence electrons. The van der Waals surface area contributed by atoms with Crippen LogP contribution in [0.15, 0.2) is 12.2 Å². The van der Waals surface area contributed by atoms with Gasteiger partial charge in [-0.25, -0.2) is 0 Å². The van der Waals surface area contributed by atoms with Crippen LogP contribution in [0, 0.1) is 52.3 Å². The monoisotopic (exact) mass is 915 g/mol. The van der Waals surface area contributed by atoms with Gasteiger partial charge < -0.3 is 79.1 Å². The Kier molecular flexibility index (Phi) is 15.7. The summed E-state index contributed by atoms with van der Waals surface area (Å²) in [4.78, 5) is 13.0. The molecule has 0 amide bonds.